The first kappa shape index (κ1) is 20.9. The molecule has 0 atom stereocenters. The lowest BCUT2D eigenvalue weighted by Crippen LogP contribution is -2.16. The summed E-state index contributed by atoms with van der Waals surface area (Å²) in [6, 6.07) is 24.7. The Labute approximate surface area is 202 Å². The summed E-state index contributed by atoms with van der Waals surface area (Å²) in [5, 5.41) is 5.44. The molecule has 6 aromatic rings. The minimum atomic E-state index is -0.277. The number of para-hydroxylation sites is 3. The van der Waals surface area contributed by atoms with Crippen molar-refractivity contribution in [2.45, 2.75) is 12.3 Å². The molecule has 6 heteroatoms. The summed E-state index contributed by atoms with van der Waals surface area (Å²) in [6.45, 7) is 0. The van der Waals surface area contributed by atoms with Gasteiger partial charge in [-0.1, -0.05) is 54.6 Å². The van der Waals surface area contributed by atoms with Gasteiger partial charge in [0.2, 0.25) is 0 Å². The number of H-pyrrole nitrogens is 2. The Bertz CT molecular complexity index is 1560. The molecule has 3 heterocycles. The van der Waals surface area contributed by atoms with Crippen molar-refractivity contribution in [3.05, 3.63) is 126 Å². The van der Waals surface area contributed by atoms with Gasteiger partial charge in [0.25, 0.3) is 5.91 Å². The number of benzene rings is 3. The number of carbonyl (C=O) groups excluding carboxylic acids is 1. The maximum absolute atomic E-state index is 12.8. The highest BCUT2D eigenvalue weighted by molar-refractivity contribution is 6.03. The van der Waals surface area contributed by atoms with Gasteiger partial charge in [0.1, 0.15) is 5.69 Å². The molecule has 0 aliphatic carbocycles. The summed E-state index contributed by atoms with van der Waals surface area (Å²) in [4.78, 5) is 27.9. The Morgan fingerprint density at radius 2 is 1.43 bits per heavy atom. The molecule has 3 aromatic carbocycles. The Hall–Kier alpha value is -4.71. The van der Waals surface area contributed by atoms with Crippen LogP contribution in [0.1, 0.15) is 33.1 Å². The number of fused-ring (bicyclic) bond motifs is 2. The molecule has 0 spiro atoms. The molecule has 170 valence electrons. The van der Waals surface area contributed by atoms with Gasteiger partial charge in [0.15, 0.2) is 0 Å². The number of anilines is 1. The van der Waals surface area contributed by atoms with Crippen LogP contribution in [0.5, 0.6) is 0 Å². The van der Waals surface area contributed by atoms with E-state index in [1.54, 1.807) is 6.20 Å². The van der Waals surface area contributed by atoms with E-state index in [1.165, 1.54) is 34.3 Å². The van der Waals surface area contributed by atoms with Gasteiger partial charge in [-0.2, -0.15) is 0 Å². The van der Waals surface area contributed by atoms with E-state index in [1.807, 2.05) is 30.3 Å². The lowest BCUT2D eigenvalue weighted by atomic mass is 9.85. The van der Waals surface area contributed by atoms with E-state index >= 15 is 0 Å². The van der Waals surface area contributed by atoms with Gasteiger partial charge in [0.05, 0.1) is 6.20 Å². The first-order chi connectivity index (χ1) is 17.3. The maximum Gasteiger partial charge on any atom is 0.275 e. The highest BCUT2D eigenvalue weighted by atomic mass is 16.1. The van der Waals surface area contributed by atoms with Crippen molar-refractivity contribution in [3.8, 4) is 0 Å². The molecule has 35 heavy (non-hydrogen) atoms. The fraction of sp³-hybridized carbons (Fsp3) is 0.0690. The van der Waals surface area contributed by atoms with Crippen molar-refractivity contribution in [3.63, 3.8) is 0 Å². The number of nitrogens with zero attached hydrogens (tertiary/aromatic N) is 2. The molecule has 0 aliphatic heterocycles. The molecule has 6 nitrogen and oxygen atoms in total. The Balaban J connectivity index is 1.43. The third-order valence-electron chi connectivity index (χ3n) is 6.48. The van der Waals surface area contributed by atoms with Gasteiger partial charge in [-0.05, 0) is 41.3 Å². The van der Waals surface area contributed by atoms with E-state index in [-0.39, 0.29) is 17.5 Å². The fourth-order valence-electron chi connectivity index (χ4n) is 4.79. The predicted molar refractivity (Wildman–Crippen MR) is 139 cm³/mol. The van der Waals surface area contributed by atoms with Crippen LogP contribution in [0.25, 0.3) is 21.8 Å². The smallest absolute Gasteiger partial charge is 0.275 e. The van der Waals surface area contributed by atoms with Gasteiger partial charge in [-0.3, -0.25) is 9.78 Å². The lowest BCUT2D eigenvalue weighted by Gasteiger charge is -2.19. The predicted octanol–water partition coefficient (Wildman–Crippen LogP) is 6.07. The quantitative estimate of drug-likeness (QED) is 0.284. The van der Waals surface area contributed by atoms with Gasteiger partial charge < -0.3 is 15.3 Å². The minimum Gasteiger partial charge on any atom is -0.361 e. The molecule has 0 fully saturated rings. The van der Waals surface area contributed by atoms with Crippen molar-refractivity contribution in [2.75, 3.05) is 5.32 Å². The first-order valence-electron chi connectivity index (χ1n) is 11.6. The van der Waals surface area contributed by atoms with Crippen molar-refractivity contribution in [1.29, 1.82) is 0 Å². The summed E-state index contributed by atoms with van der Waals surface area (Å²) in [5.41, 5.74) is 6.76. The Morgan fingerprint density at radius 1 is 0.800 bits per heavy atom. The molecule has 0 saturated heterocycles. The number of hydrogen-bond acceptors (Lipinski definition) is 3. The van der Waals surface area contributed by atoms with Crippen LogP contribution < -0.4 is 5.32 Å². The van der Waals surface area contributed by atoms with Crippen LogP contribution in [0, 0.1) is 0 Å². The lowest BCUT2D eigenvalue weighted by molar-refractivity contribution is 0.102. The van der Waals surface area contributed by atoms with Gasteiger partial charge in [-0.25, -0.2) is 4.98 Å². The summed E-state index contributed by atoms with van der Waals surface area (Å²) >= 11 is 0. The number of hydrogen-bond donors (Lipinski definition) is 3. The average molecular weight is 458 g/mol. The second-order valence-electron chi connectivity index (χ2n) is 8.54. The fourth-order valence-corrected chi connectivity index (χ4v) is 4.79. The molecular formula is C29H23N5O. The standard InChI is InChI=1S/C29H23N5O/c35-29(28-18-30-13-14-31-28)34-25-10-4-1-7-19(25)15-22(23-16-32-26-11-5-2-8-20(23)26)24-17-33-27-12-6-3-9-21(24)27/h1-14,16-18,22,32-33H,15H2,(H,34,35). The molecule has 0 bridgehead atoms. The van der Waals surface area contributed by atoms with Gasteiger partial charge in [0, 0.05) is 58.2 Å². The molecule has 3 N–H and O–H groups in total. The molecule has 0 radical (unpaired) electrons. The van der Waals surface area contributed by atoms with Crippen LogP contribution in [0.15, 0.2) is 104 Å². The minimum absolute atomic E-state index is 0.0665. The summed E-state index contributed by atoms with van der Waals surface area (Å²) in [5.74, 6) is -0.210. The highest BCUT2D eigenvalue weighted by Gasteiger charge is 2.23. The van der Waals surface area contributed by atoms with E-state index in [4.69, 9.17) is 0 Å². The zero-order valence-corrected chi connectivity index (χ0v) is 18.9. The van der Waals surface area contributed by atoms with Gasteiger partial charge in [-0.15, -0.1) is 0 Å². The monoisotopic (exact) mass is 457 g/mol. The Morgan fingerprint density at radius 3 is 2.09 bits per heavy atom. The largest absolute Gasteiger partial charge is 0.361 e. The average Bonchev–Trinajstić information content (AvgIpc) is 3.53. The molecule has 1 amide bonds. The van der Waals surface area contributed by atoms with Crippen LogP contribution in [-0.4, -0.2) is 25.8 Å². The second kappa shape index (κ2) is 8.91. The van der Waals surface area contributed by atoms with E-state index in [2.05, 4.69) is 80.1 Å². The number of nitrogens with one attached hydrogen (secondary N) is 3. The Kier molecular flexibility index (Phi) is 5.31. The van der Waals surface area contributed by atoms with Crippen LogP contribution in [-0.2, 0) is 6.42 Å². The first-order valence-corrected chi connectivity index (χ1v) is 11.6. The zero-order chi connectivity index (χ0) is 23.6. The van der Waals surface area contributed by atoms with Gasteiger partial charge >= 0.3 is 0 Å². The van der Waals surface area contributed by atoms with E-state index in [0.29, 0.717) is 6.42 Å². The maximum atomic E-state index is 12.8. The summed E-state index contributed by atoms with van der Waals surface area (Å²) in [7, 11) is 0. The molecule has 0 unspecified atom stereocenters. The number of rotatable bonds is 6. The second-order valence-corrected chi connectivity index (χ2v) is 8.54. The number of aromatic amines is 2. The highest BCUT2D eigenvalue weighted by Crippen LogP contribution is 2.38. The van der Waals surface area contributed by atoms with Crippen LogP contribution in [0.2, 0.25) is 0 Å². The number of carbonyl (C=O) groups is 1. The van der Waals surface area contributed by atoms with Crippen LogP contribution in [0.3, 0.4) is 0 Å². The van der Waals surface area contributed by atoms with Crippen LogP contribution in [0.4, 0.5) is 5.69 Å². The third-order valence-corrected chi connectivity index (χ3v) is 6.48. The summed E-state index contributed by atoms with van der Waals surface area (Å²) < 4.78 is 0. The molecule has 0 saturated carbocycles. The molecular weight excluding hydrogens is 434 g/mol. The van der Waals surface area contributed by atoms with E-state index in [9.17, 15) is 4.79 Å². The van der Waals surface area contributed by atoms with Crippen molar-refractivity contribution in [2.24, 2.45) is 0 Å². The SMILES string of the molecule is O=C(Nc1ccccc1CC(c1c[nH]c2ccccc12)c1c[nH]c2ccccc12)c1cnccn1. The topological polar surface area (TPSA) is 86.5 Å². The van der Waals surface area contributed by atoms with Crippen molar-refractivity contribution < 1.29 is 4.79 Å². The summed E-state index contributed by atoms with van der Waals surface area (Å²) in [6.07, 6.45) is 9.47. The molecule has 3 aromatic heterocycles. The number of amides is 1. The zero-order valence-electron chi connectivity index (χ0n) is 18.9. The van der Waals surface area contributed by atoms with E-state index in [0.717, 1.165) is 22.3 Å². The van der Waals surface area contributed by atoms with E-state index < -0.39 is 0 Å². The third kappa shape index (κ3) is 3.95. The van der Waals surface area contributed by atoms with Crippen molar-refractivity contribution in [1.82, 2.24) is 19.9 Å². The molecule has 6 rings (SSSR count). The number of aromatic nitrogens is 4. The molecule has 0 aliphatic rings. The van der Waals surface area contributed by atoms with Crippen molar-refractivity contribution >= 4 is 33.4 Å². The normalized spacial score (nSPS) is 11.3. The van der Waals surface area contributed by atoms with Crippen LogP contribution >= 0.6 is 0 Å².